The van der Waals surface area contributed by atoms with Gasteiger partial charge < -0.3 is 18.6 Å². The second-order valence-electron chi connectivity index (χ2n) is 5.72. The smallest absolute Gasteiger partial charge is 0.203 e. The number of hydrogen-bond donors (Lipinski definition) is 0. The first-order chi connectivity index (χ1) is 12.3. The molecule has 0 atom stereocenters. The maximum Gasteiger partial charge on any atom is 0.203 e. The Kier molecular flexibility index (Phi) is 3.73. The molecule has 0 saturated carbocycles. The molecule has 4 rings (SSSR count). The van der Waals surface area contributed by atoms with Crippen molar-refractivity contribution in [3.63, 3.8) is 0 Å². The van der Waals surface area contributed by atoms with Crippen molar-refractivity contribution in [1.29, 1.82) is 0 Å². The van der Waals surface area contributed by atoms with Gasteiger partial charge in [0.2, 0.25) is 5.75 Å². The van der Waals surface area contributed by atoms with E-state index in [1.807, 2.05) is 30.3 Å². The Labute approximate surface area is 145 Å². The fraction of sp³-hybridized carbons (Fsp3) is 0.143. The molecular formula is C21H18O4. The Morgan fingerprint density at radius 2 is 1.52 bits per heavy atom. The maximum atomic E-state index is 5.80. The van der Waals surface area contributed by atoms with E-state index >= 15 is 0 Å². The van der Waals surface area contributed by atoms with E-state index in [2.05, 4.69) is 18.2 Å². The van der Waals surface area contributed by atoms with Crippen LogP contribution in [0.3, 0.4) is 0 Å². The second-order valence-corrected chi connectivity index (χ2v) is 5.72. The van der Waals surface area contributed by atoms with Gasteiger partial charge in [0.15, 0.2) is 11.5 Å². The summed E-state index contributed by atoms with van der Waals surface area (Å²) in [7, 11) is 4.83. The lowest BCUT2D eigenvalue weighted by molar-refractivity contribution is 0.324. The van der Waals surface area contributed by atoms with E-state index in [-0.39, 0.29) is 0 Å². The molecule has 0 unspecified atom stereocenters. The van der Waals surface area contributed by atoms with E-state index in [1.54, 1.807) is 27.6 Å². The number of furan rings is 1. The molecule has 1 aromatic heterocycles. The van der Waals surface area contributed by atoms with Gasteiger partial charge in [-0.3, -0.25) is 0 Å². The summed E-state index contributed by atoms with van der Waals surface area (Å²) in [6, 6.07) is 16.2. The molecule has 4 aromatic rings. The molecule has 0 amide bonds. The van der Waals surface area contributed by atoms with E-state index in [0.717, 1.165) is 27.5 Å². The first-order valence-electron chi connectivity index (χ1n) is 7.96. The van der Waals surface area contributed by atoms with Crippen LogP contribution in [0.2, 0.25) is 0 Å². The standard InChI is InChI=1S/C21H18O4/c1-22-18-10-14(11-19(23-2)21(18)24-3)16-12-25-17-9-8-13-6-4-5-7-15(13)20(16)17/h4-12H,1-3H3. The van der Waals surface area contributed by atoms with Crippen molar-refractivity contribution in [2.24, 2.45) is 0 Å². The lowest BCUT2D eigenvalue weighted by Gasteiger charge is -2.14. The zero-order valence-corrected chi connectivity index (χ0v) is 14.3. The van der Waals surface area contributed by atoms with Crippen LogP contribution in [0.5, 0.6) is 17.2 Å². The lowest BCUT2D eigenvalue weighted by Crippen LogP contribution is -1.95. The molecule has 0 bridgehead atoms. The number of benzene rings is 3. The molecule has 0 aliphatic carbocycles. The summed E-state index contributed by atoms with van der Waals surface area (Å²) in [5.41, 5.74) is 2.79. The van der Waals surface area contributed by atoms with E-state index < -0.39 is 0 Å². The van der Waals surface area contributed by atoms with Gasteiger partial charge in [-0.05, 0) is 34.5 Å². The minimum Gasteiger partial charge on any atom is -0.493 e. The summed E-state index contributed by atoms with van der Waals surface area (Å²) >= 11 is 0. The quantitative estimate of drug-likeness (QED) is 0.509. The highest BCUT2D eigenvalue weighted by Crippen LogP contribution is 2.44. The van der Waals surface area contributed by atoms with Gasteiger partial charge in [0.1, 0.15) is 5.58 Å². The molecule has 0 radical (unpaired) electrons. The van der Waals surface area contributed by atoms with E-state index in [0.29, 0.717) is 17.2 Å². The van der Waals surface area contributed by atoms with Crippen LogP contribution in [-0.4, -0.2) is 21.3 Å². The van der Waals surface area contributed by atoms with E-state index in [9.17, 15) is 0 Å². The number of methoxy groups -OCH3 is 3. The van der Waals surface area contributed by atoms with Gasteiger partial charge in [0.25, 0.3) is 0 Å². The Morgan fingerprint density at radius 1 is 0.800 bits per heavy atom. The van der Waals surface area contributed by atoms with Crippen LogP contribution in [0.1, 0.15) is 0 Å². The summed E-state index contributed by atoms with van der Waals surface area (Å²) in [5.74, 6) is 1.81. The van der Waals surface area contributed by atoms with Gasteiger partial charge in [-0.1, -0.05) is 30.3 Å². The number of fused-ring (bicyclic) bond motifs is 3. The molecule has 25 heavy (non-hydrogen) atoms. The van der Waals surface area contributed by atoms with Gasteiger partial charge in [-0.15, -0.1) is 0 Å². The lowest BCUT2D eigenvalue weighted by atomic mass is 9.99. The van der Waals surface area contributed by atoms with Gasteiger partial charge in [-0.2, -0.15) is 0 Å². The SMILES string of the molecule is COc1cc(-c2coc3ccc4ccccc4c23)cc(OC)c1OC. The third kappa shape index (κ3) is 2.38. The molecule has 0 saturated heterocycles. The Morgan fingerprint density at radius 3 is 2.20 bits per heavy atom. The normalized spacial score (nSPS) is 11.0. The molecule has 0 spiro atoms. The minimum absolute atomic E-state index is 0.575. The van der Waals surface area contributed by atoms with Crippen LogP contribution in [0.15, 0.2) is 59.2 Å². The summed E-state index contributed by atoms with van der Waals surface area (Å²) in [4.78, 5) is 0. The second kappa shape index (κ2) is 6.06. The maximum absolute atomic E-state index is 5.80. The molecule has 3 aromatic carbocycles. The molecule has 0 aliphatic rings. The first-order valence-corrected chi connectivity index (χ1v) is 7.96. The predicted octanol–water partition coefficient (Wildman–Crippen LogP) is 5.28. The molecule has 0 N–H and O–H groups in total. The number of hydrogen-bond acceptors (Lipinski definition) is 4. The van der Waals surface area contributed by atoms with Crippen LogP contribution < -0.4 is 14.2 Å². The van der Waals surface area contributed by atoms with Crippen LogP contribution >= 0.6 is 0 Å². The zero-order valence-electron chi connectivity index (χ0n) is 14.3. The van der Waals surface area contributed by atoms with E-state index in [4.69, 9.17) is 18.6 Å². The molecule has 126 valence electrons. The fourth-order valence-electron chi connectivity index (χ4n) is 3.26. The molecule has 0 aliphatic heterocycles. The Bertz CT molecular complexity index is 1040. The van der Waals surface area contributed by atoms with Crippen molar-refractivity contribution in [3.05, 3.63) is 54.8 Å². The van der Waals surface area contributed by atoms with Crippen molar-refractivity contribution in [2.75, 3.05) is 21.3 Å². The van der Waals surface area contributed by atoms with Gasteiger partial charge in [-0.25, -0.2) is 0 Å². The first kappa shape index (κ1) is 15.4. The molecule has 4 heteroatoms. The van der Waals surface area contributed by atoms with Crippen molar-refractivity contribution in [1.82, 2.24) is 0 Å². The highest BCUT2D eigenvalue weighted by Gasteiger charge is 2.17. The van der Waals surface area contributed by atoms with Crippen molar-refractivity contribution >= 4 is 21.7 Å². The molecule has 0 fully saturated rings. The van der Waals surface area contributed by atoms with Crippen LogP contribution in [-0.2, 0) is 0 Å². The van der Waals surface area contributed by atoms with Gasteiger partial charge >= 0.3 is 0 Å². The third-order valence-electron chi connectivity index (χ3n) is 4.44. The Balaban J connectivity index is 2.03. The average molecular weight is 334 g/mol. The van der Waals surface area contributed by atoms with Crippen molar-refractivity contribution < 1.29 is 18.6 Å². The summed E-state index contributed by atoms with van der Waals surface area (Å²) in [5, 5.41) is 3.40. The summed E-state index contributed by atoms with van der Waals surface area (Å²) in [6.45, 7) is 0. The topological polar surface area (TPSA) is 40.8 Å². The van der Waals surface area contributed by atoms with Crippen LogP contribution in [0, 0.1) is 0 Å². The van der Waals surface area contributed by atoms with E-state index in [1.165, 1.54) is 5.39 Å². The average Bonchev–Trinajstić information content (AvgIpc) is 3.11. The molecule has 4 nitrogen and oxygen atoms in total. The summed E-state index contributed by atoms with van der Waals surface area (Å²) in [6.07, 6.45) is 1.78. The Hall–Kier alpha value is -3.14. The summed E-state index contributed by atoms with van der Waals surface area (Å²) < 4.78 is 22.2. The molecule has 1 heterocycles. The third-order valence-corrected chi connectivity index (χ3v) is 4.44. The van der Waals surface area contributed by atoms with Crippen molar-refractivity contribution in [3.8, 4) is 28.4 Å². The van der Waals surface area contributed by atoms with Gasteiger partial charge in [0, 0.05) is 10.9 Å². The van der Waals surface area contributed by atoms with Crippen LogP contribution in [0.4, 0.5) is 0 Å². The predicted molar refractivity (Wildman–Crippen MR) is 98.8 cm³/mol. The van der Waals surface area contributed by atoms with Gasteiger partial charge in [0.05, 0.1) is 27.6 Å². The number of ether oxygens (including phenoxy) is 3. The van der Waals surface area contributed by atoms with Crippen molar-refractivity contribution in [2.45, 2.75) is 0 Å². The zero-order chi connectivity index (χ0) is 17.4. The highest BCUT2D eigenvalue weighted by molar-refractivity contribution is 6.12. The fourth-order valence-corrected chi connectivity index (χ4v) is 3.26. The monoisotopic (exact) mass is 334 g/mol. The minimum atomic E-state index is 0.575. The van der Waals surface area contributed by atoms with Crippen LogP contribution in [0.25, 0.3) is 32.9 Å². The number of rotatable bonds is 4. The highest BCUT2D eigenvalue weighted by atomic mass is 16.5. The largest absolute Gasteiger partial charge is 0.493 e. The molecular weight excluding hydrogens is 316 g/mol.